The first-order valence-electron chi connectivity index (χ1n) is 10.3. The average molecular weight is 418 g/mol. The van der Waals surface area contributed by atoms with Gasteiger partial charge in [-0.25, -0.2) is 0 Å². The predicted molar refractivity (Wildman–Crippen MR) is 122 cm³/mol. The third-order valence-corrected chi connectivity index (χ3v) is 5.59. The van der Waals surface area contributed by atoms with Crippen LogP contribution in [0, 0.1) is 0 Å². The zero-order chi connectivity index (χ0) is 21.8. The maximum absolute atomic E-state index is 12.1. The fraction of sp³-hybridized carbons (Fsp3) is 0.250. The minimum absolute atomic E-state index is 0.270. The molecular formula is C24H27N5O2. The van der Waals surface area contributed by atoms with Gasteiger partial charge in [0.1, 0.15) is 17.2 Å². The van der Waals surface area contributed by atoms with Crippen molar-refractivity contribution < 1.29 is 9.53 Å². The van der Waals surface area contributed by atoms with Crippen molar-refractivity contribution >= 4 is 12.1 Å². The summed E-state index contributed by atoms with van der Waals surface area (Å²) in [6.07, 6.45) is 3.92. The summed E-state index contributed by atoms with van der Waals surface area (Å²) in [7, 11) is 3.78. The van der Waals surface area contributed by atoms with E-state index in [0.717, 1.165) is 48.5 Å². The number of benzene rings is 2. The Bertz CT molecular complexity index is 1070. The smallest absolute Gasteiger partial charge is 0.168 e. The lowest BCUT2D eigenvalue weighted by Crippen LogP contribution is -2.22. The molecule has 3 N–H and O–H groups in total. The number of nitrogens with two attached hydrogens (primary N) is 1. The van der Waals surface area contributed by atoms with Crippen molar-refractivity contribution in [2.75, 3.05) is 27.2 Å². The van der Waals surface area contributed by atoms with Crippen molar-refractivity contribution in [2.24, 2.45) is 10.8 Å². The molecule has 1 saturated heterocycles. The van der Waals surface area contributed by atoms with Gasteiger partial charge >= 0.3 is 0 Å². The number of carbonyl (C=O) groups excluding carboxylic acids is 1. The summed E-state index contributed by atoms with van der Waals surface area (Å²) in [5.74, 6) is 2.06. The van der Waals surface area contributed by atoms with Gasteiger partial charge in [0.2, 0.25) is 0 Å². The number of amidine groups is 1. The van der Waals surface area contributed by atoms with E-state index < -0.39 is 0 Å². The molecule has 0 saturated carbocycles. The molecule has 160 valence electrons. The SMILES string of the molecule is CN/N=C(/N)c1c(C=O)c(C2CCN(C)C2)cn1-c1ccc(Oc2ccccc2)cc1. The van der Waals surface area contributed by atoms with E-state index in [1.807, 2.05) is 65.4 Å². The Morgan fingerprint density at radius 3 is 2.48 bits per heavy atom. The molecule has 1 aliphatic rings. The summed E-state index contributed by atoms with van der Waals surface area (Å²) in [6, 6.07) is 17.3. The number of hydrazone groups is 1. The molecule has 1 fully saturated rings. The van der Waals surface area contributed by atoms with Gasteiger partial charge in [-0.2, -0.15) is 5.10 Å². The van der Waals surface area contributed by atoms with Gasteiger partial charge in [-0.15, -0.1) is 0 Å². The Kier molecular flexibility index (Phi) is 6.04. The van der Waals surface area contributed by atoms with Crippen LogP contribution in [0.1, 0.15) is 34.0 Å². The summed E-state index contributed by atoms with van der Waals surface area (Å²) >= 11 is 0. The van der Waals surface area contributed by atoms with Crippen LogP contribution in [-0.2, 0) is 0 Å². The monoisotopic (exact) mass is 417 g/mol. The number of likely N-dealkylation sites (N-methyl/N-ethyl adjacent to an activating group) is 1. The molecule has 0 radical (unpaired) electrons. The van der Waals surface area contributed by atoms with E-state index in [9.17, 15) is 4.79 Å². The maximum atomic E-state index is 12.1. The second kappa shape index (κ2) is 9.06. The van der Waals surface area contributed by atoms with Crippen LogP contribution < -0.4 is 15.9 Å². The Morgan fingerprint density at radius 1 is 1.16 bits per heavy atom. The van der Waals surface area contributed by atoms with Crippen LogP contribution in [0.25, 0.3) is 5.69 Å². The summed E-state index contributed by atoms with van der Waals surface area (Å²) in [4.78, 5) is 14.4. The molecule has 2 heterocycles. The fourth-order valence-corrected chi connectivity index (χ4v) is 4.12. The molecule has 0 amide bonds. The highest BCUT2D eigenvalue weighted by Crippen LogP contribution is 2.33. The molecule has 7 heteroatoms. The Hall–Kier alpha value is -3.58. The van der Waals surface area contributed by atoms with Gasteiger partial charge in [0.25, 0.3) is 0 Å². The summed E-state index contributed by atoms with van der Waals surface area (Å²) in [5.41, 5.74) is 12.1. The van der Waals surface area contributed by atoms with E-state index in [-0.39, 0.29) is 11.8 Å². The van der Waals surface area contributed by atoms with E-state index in [1.54, 1.807) is 7.05 Å². The Balaban J connectivity index is 1.73. The lowest BCUT2D eigenvalue weighted by atomic mass is 9.96. The first-order valence-corrected chi connectivity index (χ1v) is 10.3. The van der Waals surface area contributed by atoms with Crippen LogP contribution in [0.15, 0.2) is 65.9 Å². The summed E-state index contributed by atoms with van der Waals surface area (Å²) < 4.78 is 7.84. The number of aldehydes is 1. The highest BCUT2D eigenvalue weighted by Gasteiger charge is 2.28. The van der Waals surface area contributed by atoms with Crippen molar-refractivity contribution in [3.63, 3.8) is 0 Å². The van der Waals surface area contributed by atoms with Crippen molar-refractivity contribution in [1.82, 2.24) is 14.9 Å². The van der Waals surface area contributed by atoms with Gasteiger partial charge in [-0.05, 0) is 62.0 Å². The molecule has 31 heavy (non-hydrogen) atoms. The average Bonchev–Trinajstić information content (AvgIpc) is 3.38. The number of hydrogen-bond acceptors (Lipinski definition) is 5. The number of para-hydroxylation sites is 1. The van der Waals surface area contributed by atoms with Gasteiger partial charge in [0, 0.05) is 37.0 Å². The second-order valence-corrected chi connectivity index (χ2v) is 7.71. The molecule has 0 spiro atoms. The molecular weight excluding hydrogens is 390 g/mol. The van der Waals surface area contributed by atoms with Gasteiger partial charge in [0.15, 0.2) is 12.1 Å². The lowest BCUT2D eigenvalue weighted by Gasteiger charge is -2.11. The van der Waals surface area contributed by atoms with E-state index in [2.05, 4.69) is 22.5 Å². The molecule has 1 atom stereocenters. The van der Waals surface area contributed by atoms with Crippen molar-refractivity contribution in [2.45, 2.75) is 12.3 Å². The first kappa shape index (κ1) is 20.7. The quantitative estimate of drug-likeness (QED) is 0.267. The van der Waals surface area contributed by atoms with Crippen LogP contribution in [0.5, 0.6) is 11.5 Å². The Labute approximate surface area is 182 Å². The molecule has 2 aromatic carbocycles. The van der Waals surface area contributed by atoms with Crippen molar-refractivity contribution in [3.8, 4) is 17.2 Å². The fourth-order valence-electron chi connectivity index (χ4n) is 4.12. The minimum Gasteiger partial charge on any atom is -0.457 e. The zero-order valence-electron chi connectivity index (χ0n) is 17.8. The zero-order valence-corrected chi connectivity index (χ0v) is 17.8. The number of aromatic nitrogens is 1. The highest BCUT2D eigenvalue weighted by atomic mass is 16.5. The standard InChI is InChI=1S/C24H27N5O2/c1-26-27-24(25)23-22(16-30)21(17-12-13-28(2)14-17)15-29(23)18-8-10-20(11-9-18)31-19-6-4-3-5-7-19/h3-11,15-17,26H,12-14H2,1-2H3,(H2,25,27). The van der Waals surface area contributed by atoms with E-state index >= 15 is 0 Å². The molecule has 3 aromatic rings. The highest BCUT2D eigenvalue weighted by molar-refractivity contribution is 6.04. The third kappa shape index (κ3) is 4.32. The first-order chi connectivity index (χ1) is 15.1. The van der Waals surface area contributed by atoms with Gasteiger partial charge < -0.3 is 25.4 Å². The summed E-state index contributed by atoms with van der Waals surface area (Å²) in [6.45, 7) is 1.92. The maximum Gasteiger partial charge on any atom is 0.168 e. The van der Waals surface area contributed by atoms with Crippen LogP contribution in [-0.4, -0.2) is 48.8 Å². The number of carbonyl (C=O) groups is 1. The van der Waals surface area contributed by atoms with Crippen LogP contribution in [0.4, 0.5) is 0 Å². The number of rotatable bonds is 7. The molecule has 7 nitrogen and oxygen atoms in total. The third-order valence-electron chi connectivity index (χ3n) is 5.59. The summed E-state index contributed by atoms with van der Waals surface area (Å²) in [5, 5.41) is 4.15. The van der Waals surface area contributed by atoms with Crippen molar-refractivity contribution in [1.29, 1.82) is 0 Å². The molecule has 0 aliphatic carbocycles. The van der Waals surface area contributed by atoms with Gasteiger partial charge in [0.05, 0.1) is 0 Å². The Morgan fingerprint density at radius 2 is 1.87 bits per heavy atom. The predicted octanol–water partition coefficient (Wildman–Crippen LogP) is 3.34. The van der Waals surface area contributed by atoms with Crippen LogP contribution in [0.3, 0.4) is 0 Å². The molecule has 1 aromatic heterocycles. The number of ether oxygens (including phenoxy) is 1. The number of nitrogens with zero attached hydrogens (tertiary/aromatic N) is 3. The molecule has 1 unspecified atom stereocenters. The number of likely N-dealkylation sites (tertiary alicyclic amines) is 1. The topological polar surface area (TPSA) is 84.9 Å². The minimum atomic E-state index is 0.270. The number of nitrogens with one attached hydrogen (secondary N) is 1. The van der Waals surface area contributed by atoms with E-state index in [1.165, 1.54) is 0 Å². The van der Waals surface area contributed by atoms with Gasteiger partial charge in [-0.1, -0.05) is 18.2 Å². The van der Waals surface area contributed by atoms with Crippen molar-refractivity contribution in [3.05, 3.63) is 77.6 Å². The lowest BCUT2D eigenvalue weighted by molar-refractivity contribution is 0.112. The van der Waals surface area contributed by atoms with Crippen LogP contribution >= 0.6 is 0 Å². The van der Waals surface area contributed by atoms with Crippen LogP contribution in [0.2, 0.25) is 0 Å². The normalized spacial score (nSPS) is 17.0. The molecule has 0 bridgehead atoms. The second-order valence-electron chi connectivity index (χ2n) is 7.71. The largest absolute Gasteiger partial charge is 0.457 e. The molecule has 4 rings (SSSR count). The van der Waals surface area contributed by atoms with E-state index in [0.29, 0.717) is 11.3 Å². The van der Waals surface area contributed by atoms with Gasteiger partial charge in [-0.3, -0.25) is 4.79 Å². The number of hydrogen-bond donors (Lipinski definition) is 2. The van der Waals surface area contributed by atoms with E-state index in [4.69, 9.17) is 10.5 Å². The molecule has 1 aliphatic heterocycles.